The van der Waals surface area contributed by atoms with E-state index in [1.54, 1.807) is 4.90 Å². The molecule has 1 rings (SSSR count). The lowest BCUT2D eigenvalue weighted by molar-refractivity contribution is -0.138. The molecule has 19 heavy (non-hydrogen) atoms. The highest BCUT2D eigenvalue weighted by Crippen LogP contribution is 2.19. The minimum Gasteiger partial charge on any atom is -0.396 e. The van der Waals surface area contributed by atoms with Gasteiger partial charge in [0.05, 0.1) is 0 Å². The molecule has 1 aliphatic rings. The van der Waals surface area contributed by atoms with Crippen molar-refractivity contribution in [1.82, 2.24) is 10.2 Å². The maximum Gasteiger partial charge on any atom is 0.243 e. The van der Waals surface area contributed by atoms with Crippen LogP contribution in [0.15, 0.2) is 0 Å². The first kappa shape index (κ1) is 16.0. The number of rotatable bonds is 7. The highest BCUT2D eigenvalue weighted by molar-refractivity contribution is 5.88. The molecule has 2 atom stereocenters. The van der Waals surface area contributed by atoms with Gasteiger partial charge in [-0.15, -0.1) is 0 Å². The fourth-order valence-electron chi connectivity index (χ4n) is 2.50. The molecular formula is C14H26N2O3. The van der Waals surface area contributed by atoms with E-state index in [0.717, 1.165) is 25.7 Å². The Balaban J connectivity index is 2.48. The van der Waals surface area contributed by atoms with Crippen LogP contribution < -0.4 is 5.32 Å². The van der Waals surface area contributed by atoms with Crippen LogP contribution in [0.3, 0.4) is 0 Å². The second-order valence-corrected chi connectivity index (χ2v) is 5.27. The first-order valence-electron chi connectivity index (χ1n) is 7.30. The average molecular weight is 270 g/mol. The minimum absolute atomic E-state index is 0.0448. The van der Waals surface area contributed by atoms with Crippen molar-refractivity contribution in [2.24, 2.45) is 0 Å². The molecule has 1 heterocycles. The zero-order valence-corrected chi connectivity index (χ0v) is 12.0. The van der Waals surface area contributed by atoms with Gasteiger partial charge in [0.2, 0.25) is 11.8 Å². The zero-order chi connectivity index (χ0) is 14.3. The number of likely N-dealkylation sites (tertiary alicyclic amines) is 1. The van der Waals surface area contributed by atoms with Gasteiger partial charge in [0.1, 0.15) is 6.04 Å². The third-order valence-corrected chi connectivity index (χ3v) is 3.52. The van der Waals surface area contributed by atoms with E-state index in [4.69, 9.17) is 5.11 Å². The van der Waals surface area contributed by atoms with Crippen LogP contribution in [0.25, 0.3) is 0 Å². The quantitative estimate of drug-likeness (QED) is 0.726. The number of amides is 2. The lowest BCUT2D eigenvalue weighted by Gasteiger charge is -2.25. The van der Waals surface area contributed by atoms with Crippen molar-refractivity contribution in [2.75, 3.05) is 13.2 Å². The molecule has 0 radical (unpaired) electrons. The van der Waals surface area contributed by atoms with Crippen LogP contribution >= 0.6 is 0 Å². The van der Waals surface area contributed by atoms with Gasteiger partial charge in [-0.25, -0.2) is 0 Å². The van der Waals surface area contributed by atoms with Crippen LogP contribution in [-0.2, 0) is 9.59 Å². The molecule has 110 valence electrons. The molecule has 2 unspecified atom stereocenters. The highest BCUT2D eigenvalue weighted by atomic mass is 16.3. The molecule has 0 saturated carbocycles. The summed E-state index contributed by atoms with van der Waals surface area (Å²) in [7, 11) is 0. The third kappa shape index (κ3) is 4.82. The Labute approximate surface area is 115 Å². The number of carbonyl (C=O) groups is 2. The number of aliphatic hydroxyl groups excluding tert-OH is 1. The van der Waals surface area contributed by atoms with Gasteiger partial charge in [-0.05, 0) is 39.0 Å². The summed E-state index contributed by atoms with van der Waals surface area (Å²) in [6, 6.07) is -0.251. The number of hydrogen-bond donors (Lipinski definition) is 2. The fourth-order valence-corrected chi connectivity index (χ4v) is 2.50. The van der Waals surface area contributed by atoms with Crippen molar-refractivity contribution in [3.05, 3.63) is 0 Å². The van der Waals surface area contributed by atoms with E-state index >= 15 is 0 Å². The number of aliphatic hydroxyl groups is 1. The standard InChI is InChI=1S/C14H26N2O3/c1-3-6-13(18)16-9-4-8-12(16)14(19)15-11(2)7-5-10-17/h11-12,17H,3-10H2,1-2H3,(H,15,19). The predicted octanol–water partition coefficient (Wildman–Crippen LogP) is 1.05. The predicted molar refractivity (Wildman–Crippen MR) is 73.6 cm³/mol. The monoisotopic (exact) mass is 270 g/mol. The summed E-state index contributed by atoms with van der Waals surface area (Å²) in [5.41, 5.74) is 0. The summed E-state index contributed by atoms with van der Waals surface area (Å²) < 4.78 is 0. The molecule has 0 aromatic rings. The van der Waals surface area contributed by atoms with E-state index < -0.39 is 0 Å². The van der Waals surface area contributed by atoms with Gasteiger partial charge < -0.3 is 15.3 Å². The van der Waals surface area contributed by atoms with Crippen LogP contribution in [-0.4, -0.2) is 47.1 Å². The Bertz CT molecular complexity index is 307. The van der Waals surface area contributed by atoms with Gasteiger partial charge in [0, 0.05) is 25.6 Å². The van der Waals surface area contributed by atoms with Gasteiger partial charge in [-0.2, -0.15) is 0 Å². The first-order chi connectivity index (χ1) is 9.10. The lowest BCUT2D eigenvalue weighted by Crippen LogP contribution is -2.48. The molecule has 5 nitrogen and oxygen atoms in total. The molecule has 5 heteroatoms. The van der Waals surface area contributed by atoms with E-state index in [-0.39, 0.29) is 30.5 Å². The Morgan fingerprint density at radius 3 is 2.84 bits per heavy atom. The molecule has 0 spiro atoms. The molecule has 0 aliphatic carbocycles. The molecule has 0 aromatic heterocycles. The number of nitrogens with one attached hydrogen (secondary N) is 1. The van der Waals surface area contributed by atoms with E-state index in [0.29, 0.717) is 19.4 Å². The SMILES string of the molecule is CCCC(=O)N1CCCC1C(=O)NC(C)CCCO. The van der Waals surface area contributed by atoms with Crippen LogP contribution in [0.1, 0.15) is 52.4 Å². The molecule has 1 aliphatic heterocycles. The maximum atomic E-state index is 12.2. The van der Waals surface area contributed by atoms with Crippen LogP contribution in [0.5, 0.6) is 0 Å². The summed E-state index contributed by atoms with van der Waals surface area (Å²) in [4.78, 5) is 25.8. The summed E-state index contributed by atoms with van der Waals surface area (Å²) in [6.45, 7) is 4.74. The van der Waals surface area contributed by atoms with Gasteiger partial charge in [-0.1, -0.05) is 6.92 Å². The Kier molecular flexibility index (Phi) is 6.84. The van der Waals surface area contributed by atoms with E-state index in [9.17, 15) is 9.59 Å². The molecule has 0 bridgehead atoms. The molecule has 1 saturated heterocycles. The molecule has 0 aromatic carbocycles. The van der Waals surface area contributed by atoms with Crippen molar-refractivity contribution in [3.8, 4) is 0 Å². The molecule has 1 fully saturated rings. The first-order valence-corrected chi connectivity index (χ1v) is 7.30. The second-order valence-electron chi connectivity index (χ2n) is 5.27. The van der Waals surface area contributed by atoms with Gasteiger partial charge in [0.25, 0.3) is 0 Å². The molecule has 2 amide bonds. The summed E-state index contributed by atoms with van der Waals surface area (Å²) in [6.07, 6.45) is 4.44. The maximum absolute atomic E-state index is 12.2. The Morgan fingerprint density at radius 1 is 1.47 bits per heavy atom. The van der Waals surface area contributed by atoms with Crippen molar-refractivity contribution in [3.63, 3.8) is 0 Å². The lowest BCUT2D eigenvalue weighted by atomic mass is 10.1. The number of carbonyl (C=O) groups excluding carboxylic acids is 2. The zero-order valence-electron chi connectivity index (χ0n) is 12.0. The largest absolute Gasteiger partial charge is 0.396 e. The molecule has 2 N–H and O–H groups in total. The van der Waals surface area contributed by atoms with Crippen molar-refractivity contribution in [2.45, 2.75) is 64.5 Å². The highest BCUT2D eigenvalue weighted by Gasteiger charge is 2.33. The Hall–Kier alpha value is -1.10. The van der Waals surface area contributed by atoms with Crippen molar-refractivity contribution < 1.29 is 14.7 Å². The number of hydrogen-bond acceptors (Lipinski definition) is 3. The van der Waals surface area contributed by atoms with Gasteiger partial charge in [-0.3, -0.25) is 9.59 Å². The number of nitrogens with zero attached hydrogens (tertiary/aromatic N) is 1. The van der Waals surface area contributed by atoms with E-state index in [2.05, 4.69) is 5.32 Å². The minimum atomic E-state index is -0.296. The van der Waals surface area contributed by atoms with Crippen LogP contribution in [0.2, 0.25) is 0 Å². The smallest absolute Gasteiger partial charge is 0.243 e. The second kappa shape index (κ2) is 8.15. The summed E-state index contributed by atoms with van der Waals surface area (Å²) in [5.74, 6) is 0.0376. The van der Waals surface area contributed by atoms with Gasteiger partial charge in [0.15, 0.2) is 0 Å². The topological polar surface area (TPSA) is 69.6 Å². The van der Waals surface area contributed by atoms with Crippen LogP contribution in [0.4, 0.5) is 0 Å². The van der Waals surface area contributed by atoms with E-state index in [1.165, 1.54) is 0 Å². The van der Waals surface area contributed by atoms with Crippen LogP contribution in [0, 0.1) is 0 Å². The Morgan fingerprint density at radius 2 is 2.21 bits per heavy atom. The van der Waals surface area contributed by atoms with E-state index in [1.807, 2.05) is 13.8 Å². The van der Waals surface area contributed by atoms with Crippen molar-refractivity contribution in [1.29, 1.82) is 0 Å². The third-order valence-electron chi connectivity index (χ3n) is 3.52. The van der Waals surface area contributed by atoms with Crippen molar-refractivity contribution >= 4 is 11.8 Å². The fraction of sp³-hybridized carbons (Fsp3) is 0.857. The average Bonchev–Trinajstić information content (AvgIpc) is 2.85. The summed E-state index contributed by atoms with van der Waals surface area (Å²) in [5, 5.41) is 11.7. The van der Waals surface area contributed by atoms with Gasteiger partial charge >= 0.3 is 0 Å². The normalized spacial score (nSPS) is 20.4. The molecular weight excluding hydrogens is 244 g/mol. The summed E-state index contributed by atoms with van der Waals surface area (Å²) >= 11 is 0.